The highest BCUT2D eigenvalue weighted by atomic mass is 79.9. The fraction of sp³-hybridized carbons (Fsp3) is 0.429. The maximum Gasteiger partial charge on any atom is 0.148 e. The van der Waals surface area contributed by atoms with Crippen LogP contribution in [0.25, 0.3) is 10.6 Å². The molecule has 3 nitrogen and oxygen atoms in total. The van der Waals surface area contributed by atoms with Crippen LogP contribution in [0.5, 0.6) is 0 Å². The molecule has 0 fully saturated rings. The van der Waals surface area contributed by atoms with Crippen LogP contribution in [0, 0.1) is 0 Å². The molecule has 20 heavy (non-hydrogen) atoms. The van der Waals surface area contributed by atoms with E-state index < -0.39 is 0 Å². The normalized spacial score (nSPS) is 10.9. The molecule has 108 valence electrons. The van der Waals surface area contributed by atoms with E-state index in [0.29, 0.717) is 0 Å². The number of nitrogens with one attached hydrogen (secondary N) is 1. The van der Waals surface area contributed by atoms with Gasteiger partial charge in [0.05, 0.1) is 0 Å². The molecular formula is C14H17Br2N3S. The number of aromatic nitrogens is 2. The van der Waals surface area contributed by atoms with Crippen molar-refractivity contribution in [2.45, 2.75) is 26.2 Å². The molecule has 0 saturated heterocycles. The highest BCUT2D eigenvalue weighted by molar-refractivity contribution is 9.11. The number of hydrogen-bond acceptors (Lipinski definition) is 4. The monoisotopic (exact) mass is 417 g/mol. The Kier molecular flexibility index (Phi) is 6.61. The first-order valence-electron chi connectivity index (χ1n) is 6.69. The van der Waals surface area contributed by atoms with Gasteiger partial charge in [0.1, 0.15) is 10.0 Å². The Bertz CT molecular complexity index is 557. The Morgan fingerprint density at radius 1 is 1.20 bits per heavy atom. The summed E-state index contributed by atoms with van der Waals surface area (Å²) in [6.07, 6.45) is 3.28. The van der Waals surface area contributed by atoms with Gasteiger partial charge in [0.15, 0.2) is 0 Å². The number of benzene rings is 1. The van der Waals surface area contributed by atoms with Crippen molar-refractivity contribution in [1.29, 1.82) is 0 Å². The number of aryl methyl sites for hydroxylation is 1. The molecule has 6 heteroatoms. The maximum atomic E-state index is 4.29. The average Bonchev–Trinajstić information content (AvgIpc) is 2.87. The van der Waals surface area contributed by atoms with Gasteiger partial charge in [-0.2, -0.15) is 0 Å². The highest BCUT2D eigenvalue weighted by Crippen LogP contribution is 2.32. The van der Waals surface area contributed by atoms with E-state index in [1.807, 2.05) is 12.1 Å². The fourth-order valence-corrected chi connectivity index (χ4v) is 4.08. The van der Waals surface area contributed by atoms with Gasteiger partial charge in [-0.05, 0) is 44.1 Å². The molecule has 0 spiro atoms. The first kappa shape index (κ1) is 16.1. The number of nitrogens with zero attached hydrogens (tertiary/aromatic N) is 2. The van der Waals surface area contributed by atoms with E-state index in [2.05, 4.69) is 60.4 Å². The maximum absolute atomic E-state index is 4.29. The SMILES string of the molecule is CCCNCCCc1nnc(-c2ccc(Br)cc2Br)s1. The van der Waals surface area contributed by atoms with Crippen LogP contribution in [-0.2, 0) is 6.42 Å². The minimum Gasteiger partial charge on any atom is -0.317 e. The lowest BCUT2D eigenvalue weighted by Crippen LogP contribution is -2.16. The van der Waals surface area contributed by atoms with Gasteiger partial charge >= 0.3 is 0 Å². The van der Waals surface area contributed by atoms with Crippen LogP contribution >= 0.6 is 43.2 Å². The predicted octanol–water partition coefficient (Wildman–Crippen LogP) is 4.66. The summed E-state index contributed by atoms with van der Waals surface area (Å²) in [5, 5.41) is 14.1. The molecule has 1 N–H and O–H groups in total. The van der Waals surface area contributed by atoms with Gasteiger partial charge in [-0.15, -0.1) is 10.2 Å². The molecular weight excluding hydrogens is 402 g/mol. The lowest BCUT2D eigenvalue weighted by atomic mass is 10.2. The summed E-state index contributed by atoms with van der Waals surface area (Å²) in [5.41, 5.74) is 1.10. The summed E-state index contributed by atoms with van der Waals surface area (Å²) in [5.74, 6) is 0. The van der Waals surface area contributed by atoms with Crippen molar-refractivity contribution < 1.29 is 0 Å². The molecule has 1 aromatic heterocycles. The molecule has 0 aliphatic carbocycles. The van der Waals surface area contributed by atoms with Gasteiger partial charge in [-0.25, -0.2) is 0 Å². The van der Waals surface area contributed by atoms with E-state index in [-0.39, 0.29) is 0 Å². The van der Waals surface area contributed by atoms with Crippen LogP contribution in [0.4, 0.5) is 0 Å². The van der Waals surface area contributed by atoms with Crippen molar-refractivity contribution in [1.82, 2.24) is 15.5 Å². The van der Waals surface area contributed by atoms with Gasteiger partial charge in [0.2, 0.25) is 0 Å². The zero-order valence-corrected chi connectivity index (χ0v) is 15.3. The molecule has 2 aromatic rings. The zero-order chi connectivity index (χ0) is 14.4. The molecule has 1 aromatic carbocycles. The van der Waals surface area contributed by atoms with E-state index >= 15 is 0 Å². The Balaban J connectivity index is 1.95. The van der Waals surface area contributed by atoms with Crippen molar-refractivity contribution in [3.05, 3.63) is 32.2 Å². The molecule has 0 aliphatic rings. The van der Waals surface area contributed by atoms with Crippen LogP contribution < -0.4 is 5.32 Å². The fourth-order valence-electron chi connectivity index (χ4n) is 1.79. The largest absolute Gasteiger partial charge is 0.317 e. The summed E-state index contributed by atoms with van der Waals surface area (Å²) < 4.78 is 2.10. The third-order valence-electron chi connectivity index (χ3n) is 2.80. The van der Waals surface area contributed by atoms with E-state index in [0.717, 1.165) is 50.5 Å². The summed E-state index contributed by atoms with van der Waals surface area (Å²) in [7, 11) is 0. The van der Waals surface area contributed by atoms with E-state index in [9.17, 15) is 0 Å². The molecule has 0 saturated carbocycles. The van der Waals surface area contributed by atoms with Crippen molar-refractivity contribution >= 4 is 43.2 Å². The molecule has 0 radical (unpaired) electrons. The molecule has 0 unspecified atom stereocenters. The van der Waals surface area contributed by atoms with Crippen LogP contribution in [0.2, 0.25) is 0 Å². The number of hydrogen-bond donors (Lipinski definition) is 1. The first-order chi connectivity index (χ1) is 9.70. The smallest absolute Gasteiger partial charge is 0.148 e. The van der Waals surface area contributed by atoms with Crippen LogP contribution in [0.1, 0.15) is 24.8 Å². The summed E-state index contributed by atoms with van der Waals surface area (Å²) >= 11 is 8.71. The molecule has 0 atom stereocenters. The van der Waals surface area contributed by atoms with E-state index in [1.54, 1.807) is 11.3 Å². The third-order valence-corrected chi connectivity index (χ3v) is 4.97. The Morgan fingerprint density at radius 3 is 2.80 bits per heavy atom. The Morgan fingerprint density at radius 2 is 2.05 bits per heavy atom. The lowest BCUT2D eigenvalue weighted by molar-refractivity contribution is 0.637. The second kappa shape index (κ2) is 8.22. The van der Waals surface area contributed by atoms with Crippen LogP contribution in [0.3, 0.4) is 0 Å². The lowest BCUT2D eigenvalue weighted by Gasteiger charge is -2.00. The first-order valence-corrected chi connectivity index (χ1v) is 9.09. The number of rotatable bonds is 7. The zero-order valence-electron chi connectivity index (χ0n) is 11.3. The van der Waals surface area contributed by atoms with Gasteiger partial charge in [0.25, 0.3) is 0 Å². The van der Waals surface area contributed by atoms with Crippen LogP contribution in [-0.4, -0.2) is 23.3 Å². The standard InChI is InChI=1S/C14H17Br2N3S/c1-2-7-17-8-3-4-13-18-19-14(20-13)11-6-5-10(15)9-12(11)16/h5-6,9,17H,2-4,7-8H2,1H3. The van der Waals surface area contributed by atoms with Gasteiger partial charge < -0.3 is 5.32 Å². The molecule has 2 rings (SSSR count). The molecule has 0 bridgehead atoms. The summed E-state index contributed by atoms with van der Waals surface area (Å²) in [6, 6.07) is 6.11. The minimum atomic E-state index is 0.973. The molecule has 0 aliphatic heterocycles. The average molecular weight is 419 g/mol. The Labute approximate surface area is 140 Å². The van der Waals surface area contributed by atoms with Crippen LogP contribution in [0.15, 0.2) is 27.1 Å². The van der Waals surface area contributed by atoms with E-state index in [4.69, 9.17) is 0 Å². The second-order valence-corrected chi connectivity index (χ2v) is 7.31. The molecule has 1 heterocycles. The van der Waals surface area contributed by atoms with Crippen molar-refractivity contribution in [2.75, 3.05) is 13.1 Å². The van der Waals surface area contributed by atoms with Gasteiger partial charge in [-0.3, -0.25) is 0 Å². The quantitative estimate of drug-likeness (QED) is 0.664. The minimum absolute atomic E-state index is 0.973. The molecule has 0 amide bonds. The predicted molar refractivity (Wildman–Crippen MR) is 92.2 cm³/mol. The second-order valence-electron chi connectivity index (χ2n) is 4.48. The third kappa shape index (κ3) is 4.62. The topological polar surface area (TPSA) is 37.8 Å². The summed E-state index contributed by atoms with van der Waals surface area (Å²) in [4.78, 5) is 0. The van der Waals surface area contributed by atoms with Crippen molar-refractivity contribution in [2.24, 2.45) is 0 Å². The summed E-state index contributed by atoms with van der Waals surface area (Å²) in [6.45, 7) is 4.32. The Hall–Kier alpha value is -0.300. The van der Waals surface area contributed by atoms with E-state index in [1.165, 1.54) is 6.42 Å². The van der Waals surface area contributed by atoms with Gasteiger partial charge in [-0.1, -0.05) is 50.1 Å². The van der Waals surface area contributed by atoms with Gasteiger partial charge in [0, 0.05) is 20.9 Å². The number of halogens is 2. The highest BCUT2D eigenvalue weighted by Gasteiger charge is 2.10. The van der Waals surface area contributed by atoms with Crippen molar-refractivity contribution in [3.63, 3.8) is 0 Å². The van der Waals surface area contributed by atoms with Crippen molar-refractivity contribution in [3.8, 4) is 10.6 Å².